The second-order valence-electron chi connectivity index (χ2n) is 4.19. The lowest BCUT2D eigenvalue weighted by Crippen LogP contribution is -2.24. The number of sulfonamides is 1. The van der Waals surface area contributed by atoms with Crippen LogP contribution in [0.4, 0.5) is 5.13 Å². The number of anilines is 1. The Morgan fingerprint density at radius 3 is 2.95 bits per heavy atom. The zero-order chi connectivity index (χ0) is 14.6. The molecule has 2 aromatic rings. The third-order valence-electron chi connectivity index (χ3n) is 2.32. The molecule has 0 aliphatic heterocycles. The topological polar surface area (TPSA) is 104 Å². The quantitative estimate of drug-likeness (QED) is 0.730. The molecule has 2 heterocycles. The maximum atomic E-state index is 11.7. The van der Waals surface area contributed by atoms with Gasteiger partial charge in [0.15, 0.2) is 5.13 Å². The van der Waals surface area contributed by atoms with E-state index >= 15 is 0 Å². The minimum Gasteiger partial charge on any atom is -0.367 e. The molecule has 0 aromatic carbocycles. The van der Waals surface area contributed by atoms with Gasteiger partial charge in [-0.05, 0) is 11.6 Å². The zero-order valence-electron chi connectivity index (χ0n) is 10.7. The van der Waals surface area contributed by atoms with Crippen LogP contribution in [0.25, 0.3) is 0 Å². The highest BCUT2D eigenvalue weighted by molar-refractivity contribution is 7.92. The Labute approximate surface area is 120 Å². The molecular formula is C11H14N4O3S2. The van der Waals surface area contributed by atoms with Crippen molar-refractivity contribution in [3.63, 3.8) is 0 Å². The third-order valence-corrected chi connectivity index (χ3v) is 3.82. The Morgan fingerprint density at radius 1 is 1.50 bits per heavy atom. The predicted molar refractivity (Wildman–Crippen MR) is 76.9 cm³/mol. The molecule has 7 nitrogen and oxygen atoms in total. The number of thiazole rings is 1. The summed E-state index contributed by atoms with van der Waals surface area (Å²) in [5, 5.41) is 4.68. The first-order valence-corrected chi connectivity index (χ1v) is 8.50. The molecule has 3 N–H and O–H groups in total. The van der Waals surface area contributed by atoms with E-state index in [9.17, 15) is 13.2 Å². The summed E-state index contributed by atoms with van der Waals surface area (Å²) in [6.45, 7) is 0.445. The van der Waals surface area contributed by atoms with Gasteiger partial charge in [-0.1, -0.05) is 0 Å². The van der Waals surface area contributed by atoms with Crippen molar-refractivity contribution >= 4 is 32.4 Å². The maximum Gasteiger partial charge on any atom is 0.231 e. The molecule has 0 unspecified atom stereocenters. The summed E-state index contributed by atoms with van der Waals surface area (Å²) >= 11 is 1.15. The van der Waals surface area contributed by atoms with Crippen LogP contribution in [0.3, 0.4) is 0 Å². The number of aromatic nitrogens is 2. The fourth-order valence-corrected chi connectivity index (χ4v) is 3.05. The van der Waals surface area contributed by atoms with Gasteiger partial charge in [-0.15, -0.1) is 11.3 Å². The largest absolute Gasteiger partial charge is 0.367 e. The predicted octanol–water partition coefficient (Wildman–Crippen LogP) is 0.702. The minimum absolute atomic E-state index is 0.117. The van der Waals surface area contributed by atoms with Crippen molar-refractivity contribution in [2.24, 2.45) is 0 Å². The number of amides is 1. The van der Waals surface area contributed by atoms with Crippen LogP contribution < -0.4 is 10.0 Å². The monoisotopic (exact) mass is 314 g/mol. The van der Waals surface area contributed by atoms with E-state index in [1.165, 1.54) is 0 Å². The summed E-state index contributed by atoms with van der Waals surface area (Å²) in [6.07, 6.45) is 4.76. The first kappa shape index (κ1) is 14.5. The number of hydrogen-bond donors (Lipinski definition) is 3. The van der Waals surface area contributed by atoms with Crippen molar-refractivity contribution in [1.82, 2.24) is 15.3 Å². The SMILES string of the molecule is CS(=O)(=O)Nc1nc(CC(=O)NCc2cc[nH]c2)cs1. The number of nitrogens with zero attached hydrogens (tertiary/aromatic N) is 1. The van der Waals surface area contributed by atoms with Crippen molar-refractivity contribution in [3.8, 4) is 0 Å². The Kier molecular flexibility index (Phi) is 4.40. The van der Waals surface area contributed by atoms with Crippen LogP contribution in [-0.2, 0) is 27.8 Å². The van der Waals surface area contributed by atoms with Crippen molar-refractivity contribution in [2.75, 3.05) is 11.0 Å². The van der Waals surface area contributed by atoms with Crippen molar-refractivity contribution < 1.29 is 13.2 Å². The highest BCUT2D eigenvalue weighted by atomic mass is 32.2. The number of H-pyrrole nitrogens is 1. The lowest BCUT2D eigenvalue weighted by Gasteiger charge is -2.01. The van der Waals surface area contributed by atoms with E-state index in [-0.39, 0.29) is 17.5 Å². The molecule has 0 bridgehead atoms. The van der Waals surface area contributed by atoms with Gasteiger partial charge in [-0.2, -0.15) is 0 Å². The van der Waals surface area contributed by atoms with E-state index in [4.69, 9.17) is 0 Å². The lowest BCUT2D eigenvalue weighted by atomic mass is 10.3. The summed E-state index contributed by atoms with van der Waals surface area (Å²) in [7, 11) is -3.34. The van der Waals surface area contributed by atoms with Crippen LogP contribution in [0.15, 0.2) is 23.8 Å². The van der Waals surface area contributed by atoms with Crippen LogP contribution in [0.5, 0.6) is 0 Å². The standard InChI is InChI=1S/C11H14N4O3S2/c1-20(17,18)15-11-14-9(7-19-11)4-10(16)13-6-8-2-3-12-5-8/h2-3,5,7,12H,4,6H2,1H3,(H,13,16)(H,14,15). The number of hydrogen-bond acceptors (Lipinski definition) is 5. The second-order valence-corrected chi connectivity index (χ2v) is 6.80. The Morgan fingerprint density at radius 2 is 2.30 bits per heavy atom. The summed E-state index contributed by atoms with van der Waals surface area (Å²) in [6, 6.07) is 1.87. The van der Waals surface area contributed by atoms with Crippen molar-refractivity contribution in [3.05, 3.63) is 35.1 Å². The Balaban J connectivity index is 1.85. The van der Waals surface area contributed by atoms with Crippen molar-refractivity contribution in [1.29, 1.82) is 0 Å². The van der Waals surface area contributed by atoms with Crippen LogP contribution in [0, 0.1) is 0 Å². The first-order valence-electron chi connectivity index (χ1n) is 5.73. The van der Waals surface area contributed by atoms with Crippen LogP contribution >= 0.6 is 11.3 Å². The molecule has 0 atom stereocenters. The fourth-order valence-electron chi connectivity index (χ4n) is 1.49. The third kappa shape index (κ3) is 4.67. The summed E-state index contributed by atoms with van der Waals surface area (Å²) in [5.74, 6) is -0.164. The molecular weight excluding hydrogens is 300 g/mol. The van der Waals surface area contributed by atoms with Crippen LogP contribution in [0.1, 0.15) is 11.3 Å². The number of carbonyl (C=O) groups is 1. The number of carbonyl (C=O) groups excluding carboxylic acids is 1. The van der Waals surface area contributed by atoms with Gasteiger partial charge in [-0.25, -0.2) is 13.4 Å². The molecule has 0 aliphatic rings. The van der Waals surface area contributed by atoms with E-state index in [0.29, 0.717) is 12.2 Å². The van der Waals surface area contributed by atoms with Gasteiger partial charge in [0.05, 0.1) is 18.4 Å². The highest BCUT2D eigenvalue weighted by Crippen LogP contribution is 2.16. The molecule has 20 heavy (non-hydrogen) atoms. The van der Waals surface area contributed by atoms with Gasteiger partial charge < -0.3 is 10.3 Å². The van der Waals surface area contributed by atoms with E-state index in [1.54, 1.807) is 17.8 Å². The fraction of sp³-hybridized carbons (Fsp3) is 0.273. The van der Waals surface area contributed by atoms with E-state index in [1.807, 2.05) is 6.07 Å². The van der Waals surface area contributed by atoms with Gasteiger partial charge in [0.1, 0.15) is 0 Å². The Bertz CT molecular complexity index is 676. The smallest absolute Gasteiger partial charge is 0.231 e. The number of rotatable bonds is 6. The van der Waals surface area contributed by atoms with Crippen LogP contribution in [-0.4, -0.2) is 30.5 Å². The van der Waals surface area contributed by atoms with Gasteiger partial charge in [0.25, 0.3) is 0 Å². The number of nitrogens with one attached hydrogen (secondary N) is 3. The molecule has 0 saturated heterocycles. The lowest BCUT2D eigenvalue weighted by molar-refractivity contribution is -0.120. The summed E-state index contributed by atoms with van der Waals surface area (Å²) in [4.78, 5) is 18.6. The van der Waals surface area contributed by atoms with Gasteiger partial charge in [-0.3, -0.25) is 9.52 Å². The molecule has 0 saturated carbocycles. The Hall–Kier alpha value is -1.87. The van der Waals surface area contributed by atoms with E-state index in [2.05, 4.69) is 20.0 Å². The molecule has 0 aliphatic carbocycles. The second kappa shape index (κ2) is 6.06. The molecule has 108 valence electrons. The van der Waals surface area contributed by atoms with Gasteiger partial charge in [0.2, 0.25) is 15.9 Å². The molecule has 0 fully saturated rings. The first-order chi connectivity index (χ1) is 9.42. The highest BCUT2D eigenvalue weighted by Gasteiger charge is 2.10. The minimum atomic E-state index is -3.34. The average molecular weight is 314 g/mol. The van der Waals surface area contributed by atoms with Gasteiger partial charge >= 0.3 is 0 Å². The molecule has 9 heteroatoms. The zero-order valence-corrected chi connectivity index (χ0v) is 12.3. The average Bonchev–Trinajstić information content (AvgIpc) is 2.96. The maximum absolute atomic E-state index is 11.7. The summed E-state index contributed by atoms with van der Waals surface area (Å²) < 4.78 is 24.4. The van der Waals surface area contributed by atoms with Crippen LogP contribution in [0.2, 0.25) is 0 Å². The molecule has 2 rings (SSSR count). The molecule has 2 aromatic heterocycles. The molecule has 0 spiro atoms. The van der Waals surface area contributed by atoms with E-state index < -0.39 is 10.0 Å². The van der Waals surface area contributed by atoms with Crippen molar-refractivity contribution in [2.45, 2.75) is 13.0 Å². The molecule has 1 amide bonds. The van der Waals surface area contributed by atoms with Gasteiger partial charge in [0, 0.05) is 24.3 Å². The normalized spacial score (nSPS) is 11.2. The summed E-state index contributed by atoms with van der Waals surface area (Å²) in [5.41, 5.74) is 1.52. The van der Waals surface area contributed by atoms with E-state index in [0.717, 1.165) is 23.2 Å². The molecule has 0 radical (unpaired) electrons. The number of aromatic amines is 1.